The number of amides is 1. The molecule has 1 atom stereocenters. The molecular weight excluding hydrogens is 541 g/mol. The molecule has 8 nitrogen and oxygen atoms in total. The molecule has 3 aromatic carbocycles. The van der Waals surface area contributed by atoms with Gasteiger partial charge in [0, 0.05) is 22.3 Å². The smallest absolute Gasteiger partial charge is 0.408 e. The van der Waals surface area contributed by atoms with Gasteiger partial charge >= 0.3 is 12.1 Å². The molecule has 42 heavy (non-hydrogen) atoms. The average Bonchev–Trinajstić information content (AvgIpc) is 3.34. The number of alkyl carbamates (subject to hydrolysis) is 1. The van der Waals surface area contributed by atoms with Gasteiger partial charge in [0.15, 0.2) is 11.5 Å². The van der Waals surface area contributed by atoms with E-state index in [4.69, 9.17) is 23.7 Å². The van der Waals surface area contributed by atoms with E-state index < -0.39 is 29.2 Å². The lowest BCUT2D eigenvalue weighted by Gasteiger charge is -2.22. The van der Waals surface area contributed by atoms with Crippen molar-refractivity contribution in [3.63, 3.8) is 0 Å². The van der Waals surface area contributed by atoms with Gasteiger partial charge in [0.25, 0.3) is 0 Å². The van der Waals surface area contributed by atoms with Crippen molar-refractivity contribution in [3.05, 3.63) is 77.1 Å². The Morgan fingerprint density at radius 1 is 0.929 bits per heavy atom. The molecule has 1 heterocycles. The number of esters is 1. The van der Waals surface area contributed by atoms with Gasteiger partial charge in [0.05, 0.1) is 12.5 Å². The average molecular weight is 580 g/mol. The van der Waals surface area contributed by atoms with Crippen LogP contribution in [-0.2, 0) is 27.3 Å². The fourth-order valence-electron chi connectivity index (χ4n) is 4.49. The topological polar surface area (TPSA) is 92.3 Å². The van der Waals surface area contributed by atoms with Crippen LogP contribution in [0.3, 0.4) is 0 Å². The number of hydrogen-bond donors (Lipinski definition) is 1. The molecule has 0 aromatic heterocycles. The summed E-state index contributed by atoms with van der Waals surface area (Å²) < 4.78 is 44.2. The van der Waals surface area contributed by atoms with Gasteiger partial charge in [-0.05, 0) is 72.2 Å². The molecule has 0 bridgehead atoms. The number of ether oxygens (including phenoxy) is 5. The zero-order valence-corrected chi connectivity index (χ0v) is 25.1. The highest BCUT2D eigenvalue weighted by Crippen LogP contribution is 2.41. The number of halogens is 1. The lowest BCUT2D eigenvalue weighted by molar-refractivity contribution is -0.153. The molecule has 0 radical (unpaired) electrons. The molecule has 0 saturated heterocycles. The number of carbonyl (C=O) groups is 2. The standard InChI is InChI=1S/C33H38FNO7/c1-20(35-31(37)42-33(5,6)7)24-12-10-13-25(29(24)34)22-15-23(30-27(16-22)39-19-40-30)18-38-26-14-9-8-11-21(26)17-28(36)41-32(2,3)4/h8-16,20H,17-19H2,1-7H3,(H,35,37). The largest absolute Gasteiger partial charge is 0.488 e. The zero-order valence-electron chi connectivity index (χ0n) is 25.1. The molecule has 0 fully saturated rings. The summed E-state index contributed by atoms with van der Waals surface area (Å²) >= 11 is 0. The van der Waals surface area contributed by atoms with Crippen LogP contribution in [0.25, 0.3) is 11.1 Å². The van der Waals surface area contributed by atoms with Crippen LogP contribution >= 0.6 is 0 Å². The van der Waals surface area contributed by atoms with Crippen LogP contribution in [-0.4, -0.2) is 30.1 Å². The number of fused-ring (bicyclic) bond motifs is 1. The van der Waals surface area contributed by atoms with Crippen molar-refractivity contribution in [3.8, 4) is 28.4 Å². The highest BCUT2D eigenvalue weighted by atomic mass is 19.1. The third-order valence-electron chi connectivity index (χ3n) is 6.20. The molecule has 1 N–H and O–H groups in total. The first-order chi connectivity index (χ1) is 19.7. The van der Waals surface area contributed by atoms with E-state index in [0.717, 1.165) is 0 Å². The third kappa shape index (κ3) is 7.93. The summed E-state index contributed by atoms with van der Waals surface area (Å²) in [6, 6.07) is 15.1. The van der Waals surface area contributed by atoms with Gasteiger partial charge in [-0.1, -0.05) is 36.4 Å². The van der Waals surface area contributed by atoms with Gasteiger partial charge in [-0.15, -0.1) is 0 Å². The summed E-state index contributed by atoms with van der Waals surface area (Å²) in [6.07, 6.45) is -0.576. The van der Waals surface area contributed by atoms with Crippen molar-refractivity contribution in [2.24, 2.45) is 0 Å². The molecule has 1 aliphatic heterocycles. The maximum Gasteiger partial charge on any atom is 0.408 e. The Morgan fingerprint density at radius 2 is 1.64 bits per heavy atom. The molecule has 0 aliphatic carbocycles. The molecule has 1 amide bonds. The predicted octanol–water partition coefficient (Wildman–Crippen LogP) is 7.27. The maximum atomic E-state index is 15.9. The molecule has 1 aliphatic rings. The van der Waals surface area contributed by atoms with Gasteiger partial charge in [0.1, 0.15) is 29.4 Å². The summed E-state index contributed by atoms with van der Waals surface area (Å²) in [6.45, 7) is 12.6. The fourth-order valence-corrected chi connectivity index (χ4v) is 4.49. The number of benzene rings is 3. The van der Waals surface area contributed by atoms with Crippen molar-refractivity contribution >= 4 is 12.1 Å². The van der Waals surface area contributed by atoms with Crippen molar-refractivity contribution < 1.29 is 37.7 Å². The lowest BCUT2D eigenvalue weighted by atomic mass is 9.97. The quantitative estimate of drug-likeness (QED) is 0.281. The maximum absolute atomic E-state index is 15.9. The molecule has 224 valence electrons. The minimum Gasteiger partial charge on any atom is -0.488 e. The van der Waals surface area contributed by atoms with Crippen LogP contribution in [0.5, 0.6) is 17.2 Å². The van der Waals surface area contributed by atoms with Gasteiger partial charge in [-0.2, -0.15) is 0 Å². The first-order valence-electron chi connectivity index (χ1n) is 13.8. The summed E-state index contributed by atoms with van der Waals surface area (Å²) in [5.74, 6) is 0.674. The first kappa shape index (κ1) is 30.7. The van der Waals surface area contributed by atoms with E-state index >= 15 is 4.39 Å². The number of rotatable bonds is 8. The minimum atomic E-state index is -0.675. The second-order valence-electron chi connectivity index (χ2n) is 12.1. The SMILES string of the molecule is CC(NC(=O)OC(C)(C)C)c1cccc(-c2cc(COc3ccccc3CC(=O)OC(C)(C)C)c3c(c2)OCO3)c1F. The van der Waals surface area contributed by atoms with E-state index in [1.54, 1.807) is 64.1 Å². The van der Waals surface area contributed by atoms with Crippen LogP contribution in [0.15, 0.2) is 54.6 Å². The Labute approximate surface area is 246 Å². The molecule has 4 rings (SSSR count). The Balaban J connectivity index is 1.58. The lowest BCUT2D eigenvalue weighted by Crippen LogP contribution is -2.34. The monoisotopic (exact) mass is 579 g/mol. The van der Waals surface area contributed by atoms with Crippen LogP contribution in [0.1, 0.15) is 71.2 Å². The van der Waals surface area contributed by atoms with Crippen molar-refractivity contribution in [2.45, 2.75) is 78.7 Å². The number of nitrogens with one attached hydrogen (secondary N) is 1. The van der Waals surface area contributed by atoms with Gasteiger partial charge in [0.2, 0.25) is 6.79 Å². The van der Waals surface area contributed by atoms with E-state index in [9.17, 15) is 9.59 Å². The van der Waals surface area contributed by atoms with E-state index in [2.05, 4.69) is 5.32 Å². The van der Waals surface area contributed by atoms with Crippen molar-refractivity contribution in [1.82, 2.24) is 5.32 Å². The number of carbonyl (C=O) groups excluding carboxylic acids is 2. The van der Waals surface area contributed by atoms with E-state index in [0.29, 0.717) is 45.1 Å². The van der Waals surface area contributed by atoms with Crippen LogP contribution in [0.4, 0.5) is 9.18 Å². The second kappa shape index (κ2) is 12.3. The Hall–Kier alpha value is -4.27. The minimum absolute atomic E-state index is 0.0282. The molecule has 3 aromatic rings. The molecule has 9 heteroatoms. The summed E-state index contributed by atoms with van der Waals surface area (Å²) in [7, 11) is 0. The van der Waals surface area contributed by atoms with Crippen LogP contribution < -0.4 is 19.5 Å². The van der Waals surface area contributed by atoms with Crippen LogP contribution in [0, 0.1) is 5.82 Å². The van der Waals surface area contributed by atoms with E-state index in [1.165, 1.54) is 0 Å². The number of para-hydroxylation sites is 1. The summed E-state index contributed by atoms with van der Waals surface area (Å²) in [5, 5.41) is 2.70. The summed E-state index contributed by atoms with van der Waals surface area (Å²) in [4.78, 5) is 24.7. The molecular formula is C33H38FNO7. The number of hydrogen-bond acceptors (Lipinski definition) is 7. The normalized spacial score (nSPS) is 13.3. The van der Waals surface area contributed by atoms with Gasteiger partial charge < -0.3 is 29.0 Å². The Bertz CT molecular complexity index is 1460. The Morgan fingerprint density at radius 3 is 2.36 bits per heavy atom. The first-order valence-corrected chi connectivity index (χ1v) is 13.8. The van der Waals surface area contributed by atoms with Gasteiger partial charge in [-0.3, -0.25) is 4.79 Å². The molecule has 0 saturated carbocycles. The van der Waals surface area contributed by atoms with E-state index in [1.807, 2.05) is 39.0 Å². The highest BCUT2D eigenvalue weighted by Gasteiger charge is 2.25. The fraction of sp³-hybridized carbons (Fsp3) is 0.394. The highest BCUT2D eigenvalue weighted by molar-refractivity contribution is 5.74. The van der Waals surface area contributed by atoms with Gasteiger partial charge in [-0.25, -0.2) is 9.18 Å². The zero-order chi connectivity index (χ0) is 30.7. The van der Waals surface area contributed by atoms with Crippen LogP contribution in [0.2, 0.25) is 0 Å². The third-order valence-corrected chi connectivity index (χ3v) is 6.20. The summed E-state index contributed by atoms with van der Waals surface area (Å²) in [5.41, 5.74) is 1.26. The Kier molecular flexibility index (Phi) is 8.99. The molecule has 0 spiro atoms. The predicted molar refractivity (Wildman–Crippen MR) is 156 cm³/mol. The van der Waals surface area contributed by atoms with E-state index in [-0.39, 0.29) is 25.8 Å². The van der Waals surface area contributed by atoms with Crippen molar-refractivity contribution in [2.75, 3.05) is 6.79 Å². The second-order valence-corrected chi connectivity index (χ2v) is 12.1. The molecule has 1 unspecified atom stereocenters. The van der Waals surface area contributed by atoms with Crippen molar-refractivity contribution in [1.29, 1.82) is 0 Å².